The van der Waals surface area contributed by atoms with Crippen LogP contribution in [0.4, 0.5) is 17.6 Å². The second-order valence-electron chi connectivity index (χ2n) is 4.10. The van der Waals surface area contributed by atoms with Crippen molar-refractivity contribution in [3.63, 3.8) is 0 Å². The summed E-state index contributed by atoms with van der Waals surface area (Å²) in [5.41, 5.74) is 0. The lowest BCUT2D eigenvalue weighted by molar-refractivity contribution is 0.412. The average molecular weight is 222 g/mol. The van der Waals surface area contributed by atoms with E-state index in [0.29, 0.717) is 0 Å². The van der Waals surface area contributed by atoms with E-state index < -0.39 is 31.3 Å². The van der Waals surface area contributed by atoms with E-state index in [0.717, 1.165) is 6.07 Å². The molecule has 0 atom stereocenters. The largest absolute Gasteiger partial charge is 0.204 e. The third kappa shape index (κ3) is 1.82. The molecule has 0 saturated carbocycles. The number of benzene rings is 1. The molecule has 0 amide bonds. The molecule has 0 fully saturated rings. The van der Waals surface area contributed by atoms with Crippen LogP contribution in [0, 0.1) is 23.3 Å². The van der Waals surface area contributed by atoms with E-state index >= 15 is 0 Å². The van der Waals surface area contributed by atoms with Gasteiger partial charge in [0.1, 0.15) is 0 Å². The third-order valence-electron chi connectivity index (χ3n) is 1.91. The molecule has 0 aliphatic heterocycles. The smallest absolute Gasteiger partial charge is 0.197 e. The first-order chi connectivity index (χ1) is 6.25. The van der Waals surface area contributed by atoms with Crippen molar-refractivity contribution in [2.24, 2.45) is 0 Å². The molecule has 0 aromatic heterocycles. The minimum Gasteiger partial charge on any atom is -0.204 e. The van der Waals surface area contributed by atoms with Crippen LogP contribution < -0.4 is 5.19 Å². The third-order valence-corrected chi connectivity index (χ3v) is 3.89. The Morgan fingerprint density at radius 3 is 1.79 bits per heavy atom. The second kappa shape index (κ2) is 3.38. The van der Waals surface area contributed by atoms with Crippen LogP contribution >= 0.6 is 0 Å². The van der Waals surface area contributed by atoms with E-state index in [1.807, 2.05) is 0 Å². The first-order valence-corrected chi connectivity index (χ1v) is 7.58. The van der Waals surface area contributed by atoms with Gasteiger partial charge in [0.25, 0.3) is 0 Å². The zero-order chi connectivity index (χ0) is 11.1. The standard InChI is InChI=1S/C9H10F4Si/c1-14(2,3)6-4-5(10)7(11)9(13)8(6)12/h4H,1-3H3. The Morgan fingerprint density at radius 2 is 1.36 bits per heavy atom. The Bertz CT molecular complexity index is 368. The van der Waals surface area contributed by atoms with Crippen molar-refractivity contribution in [3.8, 4) is 0 Å². The Labute approximate surface area is 80.6 Å². The van der Waals surface area contributed by atoms with E-state index in [1.54, 1.807) is 19.6 Å². The average Bonchev–Trinajstić information content (AvgIpc) is 2.06. The van der Waals surface area contributed by atoms with Gasteiger partial charge in [-0.3, -0.25) is 0 Å². The van der Waals surface area contributed by atoms with Crippen molar-refractivity contribution >= 4 is 13.3 Å². The van der Waals surface area contributed by atoms with Gasteiger partial charge >= 0.3 is 0 Å². The first kappa shape index (κ1) is 11.2. The van der Waals surface area contributed by atoms with Gasteiger partial charge in [-0.05, 0) is 11.3 Å². The van der Waals surface area contributed by atoms with Crippen molar-refractivity contribution in [1.82, 2.24) is 0 Å². The fraction of sp³-hybridized carbons (Fsp3) is 0.333. The van der Waals surface area contributed by atoms with E-state index in [-0.39, 0.29) is 5.19 Å². The van der Waals surface area contributed by atoms with Crippen LogP contribution in [0.15, 0.2) is 6.07 Å². The van der Waals surface area contributed by atoms with Gasteiger partial charge in [0.05, 0.1) is 8.07 Å². The van der Waals surface area contributed by atoms with Gasteiger partial charge in [-0.25, -0.2) is 17.6 Å². The van der Waals surface area contributed by atoms with Crippen molar-refractivity contribution in [1.29, 1.82) is 0 Å². The molecule has 0 unspecified atom stereocenters. The van der Waals surface area contributed by atoms with Crippen LogP contribution in [-0.2, 0) is 0 Å². The Balaban J connectivity index is 3.49. The SMILES string of the molecule is C[Si](C)(C)c1cc(F)c(F)c(F)c1F. The molecule has 0 heterocycles. The summed E-state index contributed by atoms with van der Waals surface area (Å²) in [6.45, 7) is 5.17. The summed E-state index contributed by atoms with van der Waals surface area (Å²) in [5, 5.41) is -0.0334. The minimum absolute atomic E-state index is 0.0334. The van der Waals surface area contributed by atoms with Gasteiger partial charge in [0.15, 0.2) is 23.3 Å². The summed E-state index contributed by atoms with van der Waals surface area (Å²) in [7, 11) is -2.19. The zero-order valence-corrected chi connectivity index (χ0v) is 9.09. The molecule has 0 radical (unpaired) electrons. The van der Waals surface area contributed by atoms with Crippen LogP contribution in [0.2, 0.25) is 19.6 Å². The maximum absolute atomic E-state index is 13.2. The number of halogens is 4. The molecule has 1 aromatic rings. The molecule has 0 nitrogen and oxygen atoms in total. The maximum Gasteiger partial charge on any atom is 0.197 e. The van der Waals surface area contributed by atoms with Crippen molar-refractivity contribution in [2.75, 3.05) is 0 Å². The van der Waals surface area contributed by atoms with Crippen LogP contribution in [0.1, 0.15) is 0 Å². The molecule has 0 spiro atoms. The highest BCUT2D eigenvalue weighted by molar-refractivity contribution is 6.88. The molecular weight excluding hydrogens is 212 g/mol. The molecule has 14 heavy (non-hydrogen) atoms. The first-order valence-electron chi connectivity index (χ1n) is 4.08. The molecule has 1 rings (SSSR count). The lowest BCUT2D eigenvalue weighted by Gasteiger charge is -2.17. The molecule has 0 aliphatic carbocycles. The van der Waals surface area contributed by atoms with E-state index in [4.69, 9.17) is 0 Å². The summed E-state index contributed by atoms with van der Waals surface area (Å²) < 4.78 is 51.4. The molecule has 78 valence electrons. The van der Waals surface area contributed by atoms with Crippen LogP contribution in [-0.4, -0.2) is 8.07 Å². The fourth-order valence-corrected chi connectivity index (χ4v) is 2.45. The molecule has 0 saturated heterocycles. The second-order valence-corrected chi connectivity index (χ2v) is 9.14. The number of rotatable bonds is 1. The summed E-state index contributed by atoms with van der Waals surface area (Å²) in [6.07, 6.45) is 0. The van der Waals surface area contributed by atoms with Gasteiger partial charge in [0.2, 0.25) is 0 Å². The van der Waals surface area contributed by atoms with E-state index in [1.165, 1.54) is 0 Å². The fourth-order valence-electron chi connectivity index (χ4n) is 1.12. The molecule has 1 aromatic carbocycles. The van der Waals surface area contributed by atoms with Crippen molar-refractivity contribution in [2.45, 2.75) is 19.6 Å². The van der Waals surface area contributed by atoms with Gasteiger partial charge in [-0.1, -0.05) is 19.6 Å². The number of hydrogen-bond acceptors (Lipinski definition) is 0. The quantitative estimate of drug-likeness (QED) is 0.297. The maximum atomic E-state index is 13.2. The van der Waals surface area contributed by atoms with E-state index in [9.17, 15) is 17.6 Å². The van der Waals surface area contributed by atoms with Gasteiger partial charge in [0, 0.05) is 0 Å². The minimum atomic E-state index is -2.19. The Kier molecular flexibility index (Phi) is 2.71. The van der Waals surface area contributed by atoms with E-state index in [2.05, 4.69) is 0 Å². The predicted octanol–water partition coefficient (Wildman–Crippen LogP) is 2.79. The monoisotopic (exact) mass is 222 g/mol. The molecular formula is C9H10F4Si. The molecule has 5 heteroatoms. The summed E-state index contributed by atoms with van der Waals surface area (Å²) in [4.78, 5) is 0. The van der Waals surface area contributed by atoms with Crippen molar-refractivity contribution in [3.05, 3.63) is 29.3 Å². The van der Waals surface area contributed by atoms with Crippen LogP contribution in [0.5, 0.6) is 0 Å². The van der Waals surface area contributed by atoms with Gasteiger partial charge in [-0.15, -0.1) is 0 Å². The zero-order valence-electron chi connectivity index (χ0n) is 8.09. The lowest BCUT2D eigenvalue weighted by atomic mass is 10.3. The normalized spacial score (nSPS) is 11.9. The highest BCUT2D eigenvalue weighted by atomic mass is 28.3. The molecule has 0 aliphatic rings. The highest BCUT2D eigenvalue weighted by Gasteiger charge is 2.27. The van der Waals surface area contributed by atoms with Gasteiger partial charge in [-0.2, -0.15) is 0 Å². The summed E-state index contributed by atoms with van der Waals surface area (Å²) >= 11 is 0. The summed E-state index contributed by atoms with van der Waals surface area (Å²) in [5.74, 6) is -6.06. The highest BCUT2D eigenvalue weighted by Crippen LogP contribution is 2.15. The Morgan fingerprint density at radius 1 is 0.857 bits per heavy atom. The van der Waals surface area contributed by atoms with Crippen LogP contribution in [0.3, 0.4) is 0 Å². The lowest BCUT2D eigenvalue weighted by Crippen LogP contribution is -2.41. The molecule has 0 bridgehead atoms. The Hall–Kier alpha value is -0.843. The summed E-state index contributed by atoms with van der Waals surface area (Å²) in [6, 6.07) is 0.750. The van der Waals surface area contributed by atoms with Gasteiger partial charge < -0.3 is 0 Å². The topological polar surface area (TPSA) is 0 Å². The number of hydrogen-bond donors (Lipinski definition) is 0. The van der Waals surface area contributed by atoms with Crippen LogP contribution in [0.25, 0.3) is 0 Å². The predicted molar refractivity (Wildman–Crippen MR) is 49.3 cm³/mol. The van der Waals surface area contributed by atoms with Crippen molar-refractivity contribution < 1.29 is 17.6 Å². The molecule has 0 N–H and O–H groups in total.